The first kappa shape index (κ1) is 11.5. The van der Waals surface area contributed by atoms with Crippen molar-refractivity contribution in [3.8, 4) is 0 Å². The minimum absolute atomic E-state index is 0.521. The second-order valence-electron chi connectivity index (χ2n) is 3.33. The zero-order chi connectivity index (χ0) is 10.2. The summed E-state index contributed by atoms with van der Waals surface area (Å²) in [7, 11) is 0. The Balaban J connectivity index is 2.32. The Hall–Kier alpha value is -0.600. The van der Waals surface area contributed by atoms with Gasteiger partial charge >= 0.3 is 0 Å². The summed E-state index contributed by atoms with van der Waals surface area (Å²) < 4.78 is 0. The predicted molar refractivity (Wildman–Crippen MR) is 60.5 cm³/mol. The van der Waals surface area contributed by atoms with Gasteiger partial charge < -0.3 is 5.32 Å². The number of alkyl halides is 1. The van der Waals surface area contributed by atoms with Crippen molar-refractivity contribution >= 4 is 11.6 Å². The van der Waals surface area contributed by atoms with E-state index in [1.807, 2.05) is 12.3 Å². The molecule has 0 aliphatic carbocycles. The molecular formula is C11H17ClN2. The summed E-state index contributed by atoms with van der Waals surface area (Å²) in [5, 5.41) is 3.46. The molecular weight excluding hydrogens is 196 g/mol. The molecule has 1 N–H and O–H groups in total. The van der Waals surface area contributed by atoms with Gasteiger partial charge in [-0.05, 0) is 24.5 Å². The van der Waals surface area contributed by atoms with Crippen molar-refractivity contribution < 1.29 is 0 Å². The van der Waals surface area contributed by atoms with E-state index in [-0.39, 0.29) is 0 Å². The van der Waals surface area contributed by atoms with Crippen LogP contribution in [-0.2, 0) is 6.54 Å². The molecule has 1 aromatic rings. The average Bonchev–Trinajstić information content (AvgIpc) is 2.25. The minimum atomic E-state index is 0.521. The van der Waals surface area contributed by atoms with Crippen LogP contribution >= 0.6 is 11.6 Å². The highest BCUT2D eigenvalue weighted by Crippen LogP contribution is 2.02. The van der Waals surface area contributed by atoms with E-state index in [9.17, 15) is 0 Å². The highest BCUT2D eigenvalue weighted by molar-refractivity contribution is 6.17. The molecule has 78 valence electrons. The lowest BCUT2D eigenvalue weighted by Crippen LogP contribution is -2.28. The quantitative estimate of drug-likeness (QED) is 0.734. The molecule has 3 heteroatoms. The van der Waals surface area contributed by atoms with Gasteiger partial charge in [-0.15, -0.1) is 11.6 Å². The molecule has 0 aliphatic rings. The summed E-state index contributed by atoms with van der Waals surface area (Å²) in [5.41, 5.74) is 1.22. The lowest BCUT2D eigenvalue weighted by Gasteiger charge is -2.15. The largest absolute Gasteiger partial charge is 0.310 e. The number of aromatic nitrogens is 1. The molecule has 0 amide bonds. The molecule has 0 fully saturated rings. The van der Waals surface area contributed by atoms with Gasteiger partial charge in [0.15, 0.2) is 0 Å². The Kier molecular flexibility index (Phi) is 5.57. The zero-order valence-corrected chi connectivity index (χ0v) is 9.30. The highest BCUT2D eigenvalue weighted by Gasteiger charge is 2.03. The van der Waals surface area contributed by atoms with Crippen LogP contribution < -0.4 is 5.32 Å². The zero-order valence-electron chi connectivity index (χ0n) is 8.54. The van der Waals surface area contributed by atoms with Crippen LogP contribution in [0.5, 0.6) is 0 Å². The molecule has 1 rings (SSSR count). The Morgan fingerprint density at radius 1 is 1.57 bits per heavy atom. The van der Waals surface area contributed by atoms with Gasteiger partial charge in [0.1, 0.15) is 0 Å². The van der Waals surface area contributed by atoms with Crippen molar-refractivity contribution in [2.24, 2.45) is 0 Å². The van der Waals surface area contributed by atoms with Crippen LogP contribution in [-0.4, -0.2) is 16.9 Å². The monoisotopic (exact) mass is 212 g/mol. The maximum atomic E-state index is 5.70. The third-order valence-electron chi connectivity index (χ3n) is 2.27. The minimum Gasteiger partial charge on any atom is -0.310 e. The van der Waals surface area contributed by atoms with E-state index in [2.05, 4.69) is 23.3 Å². The molecule has 1 atom stereocenters. The fraction of sp³-hybridized carbons (Fsp3) is 0.545. The van der Waals surface area contributed by atoms with E-state index in [0.29, 0.717) is 6.04 Å². The second kappa shape index (κ2) is 6.80. The molecule has 0 saturated carbocycles. The number of hydrogen-bond donors (Lipinski definition) is 1. The first-order valence-electron chi connectivity index (χ1n) is 5.05. The van der Waals surface area contributed by atoms with Crippen LogP contribution in [0, 0.1) is 0 Å². The summed E-state index contributed by atoms with van der Waals surface area (Å²) in [6.07, 6.45) is 5.82. The van der Waals surface area contributed by atoms with Crippen molar-refractivity contribution in [1.29, 1.82) is 0 Å². The summed E-state index contributed by atoms with van der Waals surface area (Å²) in [4.78, 5) is 4.07. The molecule has 0 aliphatic heterocycles. The lowest BCUT2D eigenvalue weighted by atomic mass is 10.1. The van der Waals surface area contributed by atoms with E-state index >= 15 is 0 Å². The van der Waals surface area contributed by atoms with Crippen molar-refractivity contribution in [1.82, 2.24) is 10.3 Å². The normalized spacial score (nSPS) is 12.7. The molecule has 1 heterocycles. The molecule has 0 bridgehead atoms. The summed E-state index contributed by atoms with van der Waals surface area (Å²) >= 11 is 5.70. The van der Waals surface area contributed by atoms with Crippen molar-refractivity contribution in [3.63, 3.8) is 0 Å². The Bertz CT molecular complexity index is 238. The van der Waals surface area contributed by atoms with Crippen molar-refractivity contribution in [2.75, 3.05) is 5.88 Å². The maximum Gasteiger partial charge on any atom is 0.0312 e. The topological polar surface area (TPSA) is 24.9 Å². The number of rotatable bonds is 6. The van der Waals surface area contributed by atoms with Crippen LogP contribution in [0.25, 0.3) is 0 Å². The summed E-state index contributed by atoms with van der Waals surface area (Å²) in [6.45, 7) is 3.05. The fourth-order valence-corrected chi connectivity index (χ4v) is 1.61. The predicted octanol–water partition coefficient (Wildman–Crippen LogP) is 2.58. The number of nitrogens with zero attached hydrogens (tertiary/aromatic N) is 1. The van der Waals surface area contributed by atoms with Gasteiger partial charge in [-0.3, -0.25) is 4.98 Å². The molecule has 0 saturated heterocycles. The Labute approximate surface area is 90.7 Å². The lowest BCUT2D eigenvalue weighted by molar-refractivity contribution is 0.486. The molecule has 14 heavy (non-hydrogen) atoms. The first-order valence-corrected chi connectivity index (χ1v) is 5.58. The fourth-order valence-electron chi connectivity index (χ4n) is 1.35. The Morgan fingerprint density at radius 3 is 3.00 bits per heavy atom. The second-order valence-corrected chi connectivity index (χ2v) is 3.70. The highest BCUT2D eigenvalue weighted by atomic mass is 35.5. The van der Waals surface area contributed by atoms with Gasteiger partial charge in [0.25, 0.3) is 0 Å². The number of pyridine rings is 1. The molecule has 0 spiro atoms. The van der Waals surface area contributed by atoms with Crippen LogP contribution in [0.3, 0.4) is 0 Å². The van der Waals surface area contributed by atoms with Gasteiger partial charge in [0.05, 0.1) is 0 Å². The van der Waals surface area contributed by atoms with Gasteiger partial charge in [-0.25, -0.2) is 0 Å². The van der Waals surface area contributed by atoms with Crippen molar-refractivity contribution in [2.45, 2.75) is 32.4 Å². The van der Waals surface area contributed by atoms with E-state index in [4.69, 9.17) is 11.6 Å². The third-order valence-corrected chi connectivity index (χ3v) is 2.49. The number of nitrogens with one attached hydrogen (secondary N) is 1. The van der Waals surface area contributed by atoms with Crippen LogP contribution in [0.2, 0.25) is 0 Å². The van der Waals surface area contributed by atoms with E-state index < -0.39 is 0 Å². The molecule has 2 nitrogen and oxygen atoms in total. The third kappa shape index (κ3) is 4.07. The molecule has 0 aromatic carbocycles. The van der Waals surface area contributed by atoms with Crippen LogP contribution in [0.4, 0.5) is 0 Å². The number of halogens is 1. The van der Waals surface area contributed by atoms with E-state index in [0.717, 1.165) is 25.3 Å². The smallest absolute Gasteiger partial charge is 0.0312 e. The molecule has 0 radical (unpaired) electrons. The van der Waals surface area contributed by atoms with Gasteiger partial charge in [-0.2, -0.15) is 0 Å². The van der Waals surface area contributed by atoms with Crippen molar-refractivity contribution in [3.05, 3.63) is 30.1 Å². The molecule has 1 aromatic heterocycles. The van der Waals surface area contributed by atoms with Gasteiger partial charge in [0.2, 0.25) is 0 Å². The Morgan fingerprint density at radius 2 is 2.43 bits per heavy atom. The van der Waals surface area contributed by atoms with Gasteiger partial charge in [0, 0.05) is 30.9 Å². The summed E-state index contributed by atoms with van der Waals surface area (Å²) in [6, 6.07) is 4.56. The summed E-state index contributed by atoms with van der Waals surface area (Å²) in [5.74, 6) is 0.721. The first-order chi connectivity index (χ1) is 6.86. The van der Waals surface area contributed by atoms with Gasteiger partial charge in [-0.1, -0.05) is 13.0 Å². The molecule has 1 unspecified atom stereocenters. The average molecular weight is 213 g/mol. The van der Waals surface area contributed by atoms with E-state index in [1.165, 1.54) is 5.56 Å². The standard InChI is InChI=1S/C11H17ClN2/c1-2-11(5-6-12)14-9-10-4-3-7-13-8-10/h3-4,7-8,11,14H,2,5-6,9H2,1H3. The maximum absolute atomic E-state index is 5.70. The number of hydrogen-bond acceptors (Lipinski definition) is 2. The van der Waals surface area contributed by atoms with Crippen LogP contribution in [0.1, 0.15) is 25.3 Å². The van der Waals surface area contributed by atoms with Crippen LogP contribution in [0.15, 0.2) is 24.5 Å². The van der Waals surface area contributed by atoms with E-state index in [1.54, 1.807) is 6.20 Å². The SMILES string of the molecule is CCC(CCCl)NCc1cccnc1.